The third-order valence-electron chi connectivity index (χ3n) is 0.827. The Kier molecular flexibility index (Phi) is 3.73. The van der Waals surface area contributed by atoms with Gasteiger partial charge in [-0.3, -0.25) is 9.59 Å². The Labute approximate surface area is 78.2 Å². The molecule has 1 saturated heterocycles. The Morgan fingerprint density at radius 2 is 1.60 bits per heavy atom. The Morgan fingerprint density at radius 3 is 1.90 bits per heavy atom. The standard InChI is InChI=1S/C4H4N2O2S.Ag/c7-2-1-3(8)6-4(9)5-2;/h1H2,(H2,5,6,7,8,9);. The van der Waals surface area contributed by atoms with Gasteiger partial charge in [0, 0.05) is 22.4 Å². The van der Waals surface area contributed by atoms with E-state index in [4.69, 9.17) is 0 Å². The normalized spacial score (nSPS) is 17.0. The first kappa shape index (κ1) is 9.77. The predicted octanol–water partition coefficient (Wildman–Crippen LogP) is -1.10. The third kappa shape index (κ3) is 2.57. The van der Waals surface area contributed by atoms with Gasteiger partial charge in [-0.05, 0) is 12.2 Å². The van der Waals surface area contributed by atoms with Gasteiger partial charge in [-0.1, -0.05) is 0 Å². The minimum absolute atomic E-state index is 0. The fourth-order valence-electron chi connectivity index (χ4n) is 0.519. The van der Waals surface area contributed by atoms with Crippen LogP contribution in [0.1, 0.15) is 6.42 Å². The number of carbonyl (C=O) groups is 2. The third-order valence-corrected chi connectivity index (χ3v) is 1.03. The van der Waals surface area contributed by atoms with Gasteiger partial charge in [0.1, 0.15) is 6.42 Å². The number of nitrogens with one attached hydrogen (secondary N) is 2. The number of amides is 2. The van der Waals surface area contributed by atoms with Crippen molar-refractivity contribution >= 4 is 29.1 Å². The first-order valence-corrected chi connectivity index (χ1v) is 2.73. The van der Waals surface area contributed by atoms with Gasteiger partial charge in [0.2, 0.25) is 11.8 Å². The van der Waals surface area contributed by atoms with E-state index in [1.807, 2.05) is 0 Å². The van der Waals surface area contributed by atoms with Gasteiger partial charge in [0.25, 0.3) is 0 Å². The molecular weight excluding hydrogens is 248 g/mol. The SMILES string of the molecule is O=C1CC(=O)NC(=S)N1.[Ag]. The molecule has 0 atom stereocenters. The van der Waals surface area contributed by atoms with Crippen molar-refractivity contribution in [2.45, 2.75) is 6.42 Å². The largest absolute Gasteiger partial charge is 0.302 e. The number of rotatable bonds is 0. The van der Waals surface area contributed by atoms with E-state index < -0.39 is 0 Å². The van der Waals surface area contributed by atoms with Gasteiger partial charge < -0.3 is 10.6 Å². The van der Waals surface area contributed by atoms with Crippen molar-refractivity contribution in [3.05, 3.63) is 0 Å². The minimum Gasteiger partial charge on any atom is -0.302 e. The molecule has 10 heavy (non-hydrogen) atoms. The van der Waals surface area contributed by atoms with E-state index >= 15 is 0 Å². The molecule has 1 radical (unpaired) electrons. The summed E-state index contributed by atoms with van der Waals surface area (Å²) < 4.78 is 0. The molecule has 1 rings (SSSR count). The van der Waals surface area contributed by atoms with Crippen LogP contribution >= 0.6 is 12.2 Å². The van der Waals surface area contributed by atoms with Crippen molar-refractivity contribution in [2.24, 2.45) is 0 Å². The fraction of sp³-hybridized carbons (Fsp3) is 0.250. The van der Waals surface area contributed by atoms with Crippen molar-refractivity contribution < 1.29 is 32.0 Å². The fourth-order valence-corrected chi connectivity index (χ4v) is 0.746. The second-order valence-electron chi connectivity index (χ2n) is 1.60. The van der Waals surface area contributed by atoms with Crippen molar-refractivity contribution in [1.29, 1.82) is 0 Å². The Hall–Kier alpha value is -0.230. The second kappa shape index (κ2) is 3.82. The summed E-state index contributed by atoms with van der Waals surface area (Å²) in [7, 11) is 0. The monoisotopic (exact) mass is 251 g/mol. The van der Waals surface area contributed by atoms with Crippen LogP contribution in [-0.2, 0) is 32.0 Å². The first-order valence-electron chi connectivity index (χ1n) is 2.32. The average Bonchev–Trinajstić information content (AvgIpc) is 1.59. The molecular formula is C4H4AgN2O2S. The maximum Gasteiger partial charge on any atom is 0.235 e. The van der Waals surface area contributed by atoms with Gasteiger partial charge in [-0.15, -0.1) is 0 Å². The van der Waals surface area contributed by atoms with E-state index in [2.05, 4.69) is 22.9 Å². The van der Waals surface area contributed by atoms with Gasteiger partial charge in [-0.2, -0.15) is 0 Å². The zero-order valence-electron chi connectivity index (χ0n) is 4.73. The molecule has 1 aliphatic heterocycles. The summed E-state index contributed by atoms with van der Waals surface area (Å²) in [6.45, 7) is 0. The molecule has 1 aliphatic rings. The summed E-state index contributed by atoms with van der Waals surface area (Å²) in [5, 5.41) is 4.63. The van der Waals surface area contributed by atoms with Crippen LogP contribution in [0, 0.1) is 0 Å². The molecule has 1 heterocycles. The van der Waals surface area contributed by atoms with E-state index in [9.17, 15) is 9.59 Å². The maximum atomic E-state index is 10.4. The van der Waals surface area contributed by atoms with Gasteiger partial charge in [0.15, 0.2) is 5.11 Å². The quantitative estimate of drug-likeness (QED) is 0.327. The van der Waals surface area contributed by atoms with Crippen LogP contribution in [0.4, 0.5) is 0 Å². The van der Waals surface area contributed by atoms with Crippen LogP contribution in [0.15, 0.2) is 0 Å². The Balaban J connectivity index is 0.000000810. The van der Waals surface area contributed by atoms with E-state index in [0.29, 0.717) is 0 Å². The molecule has 2 amide bonds. The van der Waals surface area contributed by atoms with Crippen LogP contribution in [-0.4, -0.2) is 16.9 Å². The summed E-state index contributed by atoms with van der Waals surface area (Å²) in [6, 6.07) is 0. The molecule has 0 bridgehead atoms. The van der Waals surface area contributed by atoms with Crippen LogP contribution in [0.2, 0.25) is 0 Å². The summed E-state index contributed by atoms with van der Waals surface area (Å²) in [4.78, 5) is 20.8. The minimum atomic E-state index is -0.344. The molecule has 1 fully saturated rings. The molecule has 0 spiro atoms. The van der Waals surface area contributed by atoms with E-state index in [1.165, 1.54) is 0 Å². The molecule has 59 valence electrons. The molecule has 0 aromatic carbocycles. The molecule has 0 saturated carbocycles. The van der Waals surface area contributed by atoms with E-state index in [-0.39, 0.29) is 45.7 Å². The summed E-state index contributed by atoms with van der Waals surface area (Å²) in [5.74, 6) is -0.687. The van der Waals surface area contributed by atoms with E-state index in [0.717, 1.165) is 0 Å². The number of carbonyl (C=O) groups excluding carboxylic acids is 2. The number of hydrogen-bond donors (Lipinski definition) is 2. The van der Waals surface area contributed by atoms with Gasteiger partial charge in [-0.25, -0.2) is 0 Å². The molecule has 4 nitrogen and oxygen atoms in total. The Bertz CT molecular complexity index is 148. The molecule has 2 N–H and O–H groups in total. The van der Waals surface area contributed by atoms with Crippen LogP contribution in [0.25, 0.3) is 0 Å². The smallest absolute Gasteiger partial charge is 0.235 e. The first-order chi connectivity index (χ1) is 4.18. The van der Waals surface area contributed by atoms with Crippen LogP contribution < -0.4 is 10.6 Å². The van der Waals surface area contributed by atoms with Crippen molar-refractivity contribution in [2.75, 3.05) is 0 Å². The average molecular weight is 252 g/mol. The summed E-state index contributed by atoms with van der Waals surface area (Å²) in [6.07, 6.45) is -0.125. The van der Waals surface area contributed by atoms with Crippen LogP contribution in [0.3, 0.4) is 0 Å². The van der Waals surface area contributed by atoms with Crippen molar-refractivity contribution in [3.8, 4) is 0 Å². The van der Waals surface area contributed by atoms with Gasteiger partial charge in [0.05, 0.1) is 0 Å². The zero-order chi connectivity index (χ0) is 6.85. The predicted molar refractivity (Wildman–Crippen MR) is 33.5 cm³/mol. The Morgan fingerprint density at radius 1 is 1.20 bits per heavy atom. The van der Waals surface area contributed by atoms with E-state index in [1.54, 1.807) is 0 Å². The zero-order valence-corrected chi connectivity index (χ0v) is 7.03. The second-order valence-corrected chi connectivity index (χ2v) is 2.01. The molecule has 0 unspecified atom stereocenters. The van der Waals surface area contributed by atoms with Crippen LogP contribution in [0.5, 0.6) is 0 Å². The topological polar surface area (TPSA) is 58.2 Å². The van der Waals surface area contributed by atoms with Crippen molar-refractivity contribution in [3.63, 3.8) is 0 Å². The van der Waals surface area contributed by atoms with Crippen molar-refractivity contribution in [1.82, 2.24) is 10.6 Å². The molecule has 0 aliphatic carbocycles. The number of thiocarbonyl (C=S) groups is 1. The molecule has 0 aromatic heterocycles. The summed E-state index contributed by atoms with van der Waals surface area (Å²) >= 11 is 4.50. The number of hydrogen-bond acceptors (Lipinski definition) is 3. The molecule has 0 aromatic rings. The summed E-state index contributed by atoms with van der Waals surface area (Å²) in [5.41, 5.74) is 0. The van der Waals surface area contributed by atoms with Gasteiger partial charge >= 0.3 is 0 Å². The maximum absolute atomic E-state index is 10.4. The molecule has 6 heteroatoms.